The van der Waals surface area contributed by atoms with Gasteiger partial charge in [-0.05, 0) is 37.6 Å². The first-order valence-electron chi connectivity index (χ1n) is 6.55. The number of thiophene rings is 1. The Bertz CT molecular complexity index is 729. The number of carbonyl (C=O) groups excluding carboxylic acids is 1. The average Bonchev–Trinajstić information content (AvgIpc) is 3.19. The van der Waals surface area contributed by atoms with Crippen LogP contribution in [0.25, 0.3) is 10.6 Å². The van der Waals surface area contributed by atoms with E-state index >= 15 is 0 Å². The van der Waals surface area contributed by atoms with E-state index < -0.39 is 0 Å². The van der Waals surface area contributed by atoms with Crippen LogP contribution in [0, 0.1) is 6.92 Å². The molecule has 0 bridgehead atoms. The summed E-state index contributed by atoms with van der Waals surface area (Å²) in [7, 11) is 0. The zero-order chi connectivity index (χ0) is 14.7. The molecule has 0 saturated carbocycles. The molecular formula is C15H14N2O2S2. The maximum Gasteiger partial charge on any atom is 0.286 e. The molecule has 0 aliphatic carbocycles. The first kappa shape index (κ1) is 14.0. The zero-order valence-corrected chi connectivity index (χ0v) is 13.1. The highest BCUT2D eigenvalue weighted by Crippen LogP contribution is 2.29. The standard InChI is InChI=1S/C15H14N2O2S2/c1-10-17-12(9-20-10)14-5-4-11(21-14)6-7-16-15(18)13-3-2-8-19-13/h2-5,8-9H,6-7H2,1H3,(H,16,18). The van der Waals surface area contributed by atoms with Gasteiger partial charge in [-0.25, -0.2) is 4.98 Å². The number of hydrogen-bond donors (Lipinski definition) is 1. The topological polar surface area (TPSA) is 55.1 Å². The number of furan rings is 1. The van der Waals surface area contributed by atoms with Crippen LogP contribution in [0.5, 0.6) is 0 Å². The first-order valence-corrected chi connectivity index (χ1v) is 8.25. The Morgan fingerprint density at radius 3 is 3.00 bits per heavy atom. The number of rotatable bonds is 5. The zero-order valence-electron chi connectivity index (χ0n) is 11.5. The van der Waals surface area contributed by atoms with Crippen molar-refractivity contribution in [3.63, 3.8) is 0 Å². The van der Waals surface area contributed by atoms with E-state index in [0.29, 0.717) is 12.3 Å². The van der Waals surface area contributed by atoms with Gasteiger partial charge in [0.15, 0.2) is 5.76 Å². The molecule has 3 heterocycles. The van der Waals surface area contributed by atoms with Crippen LogP contribution in [0.15, 0.2) is 40.3 Å². The fourth-order valence-corrected chi connectivity index (χ4v) is 3.58. The Morgan fingerprint density at radius 2 is 2.29 bits per heavy atom. The summed E-state index contributed by atoms with van der Waals surface area (Å²) in [6.45, 7) is 2.60. The molecule has 1 amide bonds. The Labute approximate surface area is 130 Å². The molecule has 0 fully saturated rings. The summed E-state index contributed by atoms with van der Waals surface area (Å²) in [5.41, 5.74) is 1.04. The monoisotopic (exact) mass is 318 g/mol. The molecule has 0 radical (unpaired) electrons. The highest BCUT2D eigenvalue weighted by molar-refractivity contribution is 7.16. The highest BCUT2D eigenvalue weighted by Gasteiger charge is 2.09. The van der Waals surface area contributed by atoms with Crippen molar-refractivity contribution in [1.82, 2.24) is 10.3 Å². The molecule has 3 aromatic rings. The third kappa shape index (κ3) is 3.40. The van der Waals surface area contributed by atoms with Crippen molar-refractivity contribution in [1.29, 1.82) is 0 Å². The second-order valence-corrected chi connectivity index (χ2v) is 6.73. The molecule has 0 aliphatic heterocycles. The minimum Gasteiger partial charge on any atom is -0.459 e. The third-order valence-electron chi connectivity index (χ3n) is 2.94. The van der Waals surface area contributed by atoms with Crippen LogP contribution in [-0.2, 0) is 6.42 Å². The van der Waals surface area contributed by atoms with E-state index in [1.54, 1.807) is 34.8 Å². The van der Waals surface area contributed by atoms with Crippen molar-refractivity contribution in [3.05, 3.63) is 51.6 Å². The number of aromatic nitrogens is 1. The molecule has 3 rings (SSSR count). The average molecular weight is 318 g/mol. The van der Waals surface area contributed by atoms with Crippen LogP contribution in [0.4, 0.5) is 0 Å². The summed E-state index contributed by atoms with van der Waals surface area (Å²) in [4.78, 5) is 18.6. The van der Waals surface area contributed by atoms with Crippen molar-refractivity contribution in [2.24, 2.45) is 0 Å². The Hall–Kier alpha value is -1.92. The van der Waals surface area contributed by atoms with Gasteiger partial charge in [-0.3, -0.25) is 4.79 Å². The molecule has 6 heteroatoms. The van der Waals surface area contributed by atoms with Crippen LogP contribution in [0.1, 0.15) is 20.4 Å². The molecule has 3 aromatic heterocycles. The lowest BCUT2D eigenvalue weighted by atomic mass is 10.3. The molecule has 108 valence electrons. The van der Waals surface area contributed by atoms with Gasteiger partial charge in [0.25, 0.3) is 5.91 Å². The lowest BCUT2D eigenvalue weighted by Crippen LogP contribution is -2.24. The van der Waals surface area contributed by atoms with Crippen molar-refractivity contribution in [2.45, 2.75) is 13.3 Å². The molecule has 0 aliphatic rings. The van der Waals surface area contributed by atoms with E-state index in [2.05, 4.69) is 27.8 Å². The summed E-state index contributed by atoms with van der Waals surface area (Å²) < 4.78 is 5.05. The SMILES string of the molecule is Cc1nc(-c2ccc(CCNC(=O)c3ccco3)s2)cs1. The normalized spacial score (nSPS) is 10.7. The molecule has 1 N–H and O–H groups in total. The van der Waals surface area contributed by atoms with Crippen LogP contribution in [0.2, 0.25) is 0 Å². The second-order valence-electron chi connectivity index (χ2n) is 4.50. The molecule has 0 unspecified atom stereocenters. The number of aryl methyl sites for hydroxylation is 1. The molecule has 0 spiro atoms. The van der Waals surface area contributed by atoms with Gasteiger partial charge in [-0.2, -0.15) is 0 Å². The maximum absolute atomic E-state index is 11.7. The van der Waals surface area contributed by atoms with Crippen molar-refractivity contribution in [2.75, 3.05) is 6.54 Å². The fraction of sp³-hybridized carbons (Fsp3) is 0.200. The molecular weight excluding hydrogens is 304 g/mol. The quantitative estimate of drug-likeness (QED) is 0.779. The summed E-state index contributed by atoms with van der Waals surface area (Å²) in [5, 5.41) is 5.99. The third-order valence-corrected chi connectivity index (χ3v) is 4.88. The number of amides is 1. The number of carbonyl (C=O) groups is 1. The van der Waals surface area contributed by atoms with E-state index in [9.17, 15) is 4.79 Å². The Kier molecular flexibility index (Phi) is 4.17. The van der Waals surface area contributed by atoms with E-state index in [1.807, 2.05) is 6.92 Å². The molecule has 0 atom stereocenters. The molecule has 21 heavy (non-hydrogen) atoms. The van der Waals surface area contributed by atoms with Crippen LogP contribution in [0.3, 0.4) is 0 Å². The predicted molar refractivity (Wildman–Crippen MR) is 84.9 cm³/mol. The molecule has 0 saturated heterocycles. The van der Waals surface area contributed by atoms with Gasteiger partial charge in [-0.15, -0.1) is 22.7 Å². The number of nitrogens with zero attached hydrogens (tertiary/aromatic N) is 1. The largest absolute Gasteiger partial charge is 0.459 e. The van der Waals surface area contributed by atoms with Gasteiger partial charge >= 0.3 is 0 Å². The van der Waals surface area contributed by atoms with E-state index in [0.717, 1.165) is 17.1 Å². The van der Waals surface area contributed by atoms with Crippen molar-refractivity contribution in [3.8, 4) is 10.6 Å². The van der Waals surface area contributed by atoms with Crippen LogP contribution < -0.4 is 5.32 Å². The van der Waals surface area contributed by atoms with Gasteiger partial charge in [0.1, 0.15) is 0 Å². The predicted octanol–water partition coefficient (Wildman–Crippen LogP) is 3.75. The summed E-state index contributed by atoms with van der Waals surface area (Å²) >= 11 is 3.37. The molecule has 4 nitrogen and oxygen atoms in total. The van der Waals surface area contributed by atoms with Crippen LogP contribution in [-0.4, -0.2) is 17.4 Å². The van der Waals surface area contributed by atoms with Gasteiger partial charge in [-0.1, -0.05) is 0 Å². The second kappa shape index (κ2) is 6.24. The van der Waals surface area contributed by atoms with Crippen LogP contribution >= 0.6 is 22.7 Å². The highest BCUT2D eigenvalue weighted by atomic mass is 32.1. The van der Waals surface area contributed by atoms with Crippen molar-refractivity contribution < 1.29 is 9.21 Å². The Balaban J connectivity index is 1.54. The minimum absolute atomic E-state index is 0.174. The number of thiazole rings is 1. The smallest absolute Gasteiger partial charge is 0.286 e. The first-order chi connectivity index (χ1) is 10.2. The summed E-state index contributed by atoms with van der Waals surface area (Å²) in [6, 6.07) is 7.54. The molecule has 0 aromatic carbocycles. The number of hydrogen-bond acceptors (Lipinski definition) is 5. The van der Waals surface area contributed by atoms with E-state index in [-0.39, 0.29) is 5.91 Å². The van der Waals surface area contributed by atoms with Crippen molar-refractivity contribution >= 4 is 28.6 Å². The lowest BCUT2D eigenvalue weighted by Gasteiger charge is -2.01. The van der Waals surface area contributed by atoms with E-state index in [1.165, 1.54) is 16.0 Å². The van der Waals surface area contributed by atoms with Gasteiger partial charge < -0.3 is 9.73 Å². The van der Waals surface area contributed by atoms with Gasteiger partial charge in [0.05, 0.1) is 21.8 Å². The Morgan fingerprint density at radius 1 is 1.38 bits per heavy atom. The van der Waals surface area contributed by atoms with E-state index in [4.69, 9.17) is 4.42 Å². The minimum atomic E-state index is -0.174. The maximum atomic E-state index is 11.7. The lowest BCUT2D eigenvalue weighted by molar-refractivity contribution is 0.0926. The number of nitrogens with one attached hydrogen (secondary N) is 1. The van der Waals surface area contributed by atoms with Gasteiger partial charge in [0, 0.05) is 16.8 Å². The fourth-order valence-electron chi connectivity index (χ4n) is 1.92. The summed E-state index contributed by atoms with van der Waals surface area (Å²) in [5.74, 6) is 0.173. The summed E-state index contributed by atoms with van der Waals surface area (Å²) in [6.07, 6.45) is 2.30. The van der Waals surface area contributed by atoms with Gasteiger partial charge in [0.2, 0.25) is 0 Å².